The maximum absolute atomic E-state index is 11.8. The molecule has 0 aliphatic heterocycles. The number of aliphatic hydroxyl groups is 1. The second kappa shape index (κ2) is 8.07. The van der Waals surface area contributed by atoms with Crippen molar-refractivity contribution in [1.29, 1.82) is 0 Å². The molecule has 112 valence electrons. The first-order valence-corrected chi connectivity index (χ1v) is 7.26. The quantitative estimate of drug-likeness (QED) is 0.677. The predicted molar refractivity (Wildman–Crippen MR) is 81.0 cm³/mol. The van der Waals surface area contributed by atoms with E-state index in [9.17, 15) is 9.90 Å². The lowest BCUT2D eigenvalue weighted by Gasteiger charge is -2.27. The first-order valence-electron chi connectivity index (χ1n) is 6.88. The van der Waals surface area contributed by atoms with E-state index in [0.29, 0.717) is 18.5 Å². The molecule has 0 unspecified atom stereocenters. The highest BCUT2D eigenvalue weighted by Crippen LogP contribution is 2.19. The van der Waals surface area contributed by atoms with E-state index < -0.39 is 11.6 Å². The van der Waals surface area contributed by atoms with Crippen LogP contribution in [0.1, 0.15) is 39.5 Å². The SMILES string of the molecule is CCCC(O)(CCC)CNC(=O)Nc1cccnc1Cl. The average Bonchev–Trinajstić information content (AvgIpc) is 2.40. The Morgan fingerprint density at radius 1 is 1.40 bits per heavy atom. The Balaban J connectivity index is 2.52. The lowest BCUT2D eigenvalue weighted by Crippen LogP contribution is -2.44. The van der Waals surface area contributed by atoms with Gasteiger partial charge in [0.2, 0.25) is 0 Å². The molecule has 20 heavy (non-hydrogen) atoms. The maximum Gasteiger partial charge on any atom is 0.319 e. The summed E-state index contributed by atoms with van der Waals surface area (Å²) in [6.07, 6.45) is 4.61. The van der Waals surface area contributed by atoms with Crippen molar-refractivity contribution in [2.45, 2.75) is 45.1 Å². The molecule has 1 heterocycles. The molecule has 1 aromatic rings. The highest BCUT2D eigenvalue weighted by atomic mass is 35.5. The zero-order chi connectivity index (χ0) is 15.0. The van der Waals surface area contributed by atoms with Gasteiger partial charge in [-0.3, -0.25) is 0 Å². The molecule has 2 amide bonds. The van der Waals surface area contributed by atoms with Crippen LogP contribution in [-0.4, -0.2) is 28.3 Å². The van der Waals surface area contributed by atoms with Crippen LogP contribution in [0.3, 0.4) is 0 Å². The third-order valence-corrected chi connectivity index (χ3v) is 3.32. The largest absolute Gasteiger partial charge is 0.388 e. The molecule has 1 rings (SSSR count). The summed E-state index contributed by atoms with van der Waals surface area (Å²) in [5.41, 5.74) is -0.402. The van der Waals surface area contributed by atoms with Gasteiger partial charge >= 0.3 is 6.03 Å². The third-order valence-electron chi connectivity index (χ3n) is 3.02. The molecule has 0 aliphatic carbocycles. The number of anilines is 1. The summed E-state index contributed by atoms with van der Waals surface area (Å²) in [5, 5.41) is 15.9. The summed E-state index contributed by atoms with van der Waals surface area (Å²) < 4.78 is 0. The van der Waals surface area contributed by atoms with Crippen molar-refractivity contribution in [1.82, 2.24) is 10.3 Å². The third kappa shape index (κ3) is 5.35. The van der Waals surface area contributed by atoms with E-state index in [2.05, 4.69) is 15.6 Å². The van der Waals surface area contributed by atoms with Gasteiger partial charge in [0.1, 0.15) is 0 Å². The number of rotatable bonds is 7. The molecule has 0 saturated carbocycles. The highest BCUT2D eigenvalue weighted by Gasteiger charge is 2.25. The number of pyridine rings is 1. The van der Waals surface area contributed by atoms with E-state index in [1.54, 1.807) is 18.3 Å². The molecule has 5 nitrogen and oxygen atoms in total. The maximum atomic E-state index is 11.8. The fourth-order valence-electron chi connectivity index (χ4n) is 2.12. The summed E-state index contributed by atoms with van der Waals surface area (Å²) in [6.45, 7) is 4.24. The number of nitrogens with zero attached hydrogens (tertiary/aromatic N) is 1. The normalized spacial score (nSPS) is 11.2. The van der Waals surface area contributed by atoms with Crippen molar-refractivity contribution in [3.8, 4) is 0 Å². The molecule has 6 heteroatoms. The molecule has 0 aromatic carbocycles. The van der Waals surface area contributed by atoms with E-state index >= 15 is 0 Å². The zero-order valence-corrected chi connectivity index (χ0v) is 12.7. The molecular formula is C14H22ClN3O2. The predicted octanol–water partition coefficient (Wildman–Crippen LogP) is 3.19. The van der Waals surface area contributed by atoms with Crippen molar-refractivity contribution in [3.63, 3.8) is 0 Å². The van der Waals surface area contributed by atoms with Gasteiger partial charge in [-0.05, 0) is 25.0 Å². The fourth-order valence-corrected chi connectivity index (χ4v) is 2.29. The molecule has 3 N–H and O–H groups in total. The van der Waals surface area contributed by atoms with Crippen molar-refractivity contribution >= 4 is 23.3 Å². The zero-order valence-electron chi connectivity index (χ0n) is 11.9. The molecular weight excluding hydrogens is 278 g/mol. The first kappa shape index (κ1) is 16.7. The number of aromatic nitrogens is 1. The van der Waals surface area contributed by atoms with Crippen LogP contribution in [0.25, 0.3) is 0 Å². The van der Waals surface area contributed by atoms with Crippen LogP contribution in [0.5, 0.6) is 0 Å². The summed E-state index contributed by atoms with van der Waals surface area (Å²) in [5.74, 6) is 0. The number of nitrogens with one attached hydrogen (secondary N) is 2. The number of urea groups is 1. The van der Waals surface area contributed by atoms with Crippen molar-refractivity contribution in [2.75, 3.05) is 11.9 Å². The standard InChI is InChI=1S/C14H22ClN3O2/c1-3-7-14(20,8-4-2)10-17-13(19)18-11-6-5-9-16-12(11)15/h5-6,9,20H,3-4,7-8,10H2,1-2H3,(H2,17,18,19). The van der Waals surface area contributed by atoms with E-state index in [4.69, 9.17) is 11.6 Å². The van der Waals surface area contributed by atoms with E-state index in [-0.39, 0.29) is 11.7 Å². The van der Waals surface area contributed by atoms with Gasteiger partial charge < -0.3 is 15.7 Å². The van der Waals surface area contributed by atoms with E-state index in [0.717, 1.165) is 12.8 Å². The van der Waals surface area contributed by atoms with Crippen molar-refractivity contribution in [3.05, 3.63) is 23.5 Å². The molecule has 1 aromatic heterocycles. The van der Waals surface area contributed by atoms with Crippen LogP contribution in [0.15, 0.2) is 18.3 Å². The Kier molecular flexibility index (Phi) is 6.75. The summed E-state index contributed by atoms with van der Waals surface area (Å²) in [4.78, 5) is 15.7. The monoisotopic (exact) mass is 299 g/mol. The minimum Gasteiger partial charge on any atom is -0.388 e. The Hall–Kier alpha value is -1.33. The number of halogens is 1. The number of hydrogen-bond donors (Lipinski definition) is 3. The Morgan fingerprint density at radius 2 is 2.05 bits per heavy atom. The van der Waals surface area contributed by atoms with Crippen LogP contribution in [0.2, 0.25) is 5.15 Å². The molecule has 0 aliphatic rings. The molecule has 0 fully saturated rings. The lowest BCUT2D eigenvalue weighted by atomic mass is 9.93. The van der Waals surface area contributed by atoms with Gasteiger partial charge in [0, 0.05) is 12.7 Å². The first-order chi connectivity index (χ1) is 9.50. The summed E-state index contributed by atoms with van der Waals surface area (Å²) in [7, 11) is 0. The Bertz CT molecular complexity index is 434. The van der Waals surface area contributed by atoms with Crippen molar-refractivity contribution in [2.24, 2.45) is 0 Å². The second-order valence-electron chi connectivity index (χ2n) is 4.87. The minimum atomic E-state index is -0.848. The smallest absolute Gasteiger partial charge is 0.319 e. The minimum absolute atomic E-state index is 0.221. The van der Waals surface area contributed by atoms with Gasteiger partial charge in [-0.15, -0.1) is 0 Å². The van der Waals surface area contributed by atoms with Gasteiger partial charge in [0.15, 0.2) is 5.15 Å². The number of carbonyl (C=O) groups excluding carboxylic acids is 1. The molecule has 0 atom stereocenters. The summed E-state index contributed by atoms with van der Waals surface area (Å²) >= 11 is 5.85. The summed E-state index contributed by atoms with van der Waals surface area (Å²) in [6, 6.07) is 2.95. The number of amides is 2. The van der Waals surface area contributed by atoms with Gasteiger partial charge in [-0.2, -0.15) is 0 Å². The van der Waals surface area contributed by atoms with Gasteiger partial charge in [-0.1, -0.05) is 38.3 Å². The van der Waals surface area contributed by atoms with E-state index in [1.807, 2.05) is 13.8 Å². The Labute approximate surface area is 124 Å². The number of hydrogen-bond acceptors (Lipinski definition) is 3. The van der Waals surface area contributed by atoms with Crippen LogP contribution >= 0.6 is 11.6 Å². The Morgan fingerprint density at radius 3 is 2.60 bits per heavy atom. The molecule has 0 radical (unpaired) electrons. The highest BCUT2D eigenvalue weighted by molar-refractivity contribution is 6.32. The van der Waals surface area contributed by atoms with Crippen LogP contribution in [-0.2, 0) is 0 Å². The molecule has 0 spiro atoms. The topological polar surface area (TPSA) is 74.2 Å². The van der Waals surface area contributed by atoms with E-state index in [1.165, 1.54) is 0 Å². The molecule has 0 saturated heterocycles. The number of carbonyl (C=O) groups is 1. The van der Waals surface area contributed by atoms with Crippen LogP contribution in [0, 0.1) is 0 Å². The fraction of sp³-hybridized carbons (Fsp3) is 0.571. The van der Waals surface area contributed by atoms with Gasteiger partial charge in [-0.25, -0.2) is 9.78 Å². The lowest BCUT2D eigenvalue weighted by molar-refractivity contribution is 0.0245. The second-order valence-corrected chi connectivity index (χ2v) is 5.23. The van der Waals surface area contributed by atoms with Crippen LogP contribution < -0.4 is 10.6 Å². The van der Waals surface area contributed by atoms with Gasteiger partial charge in [0.25, 0.3) is 0 Å². The van der Waals surface area contributed by atoms with Gasteiger partial charge in [0.05, 0.1) is 11.3 Å². The molecule has 0 bridgehead atoms. The average molecular weight is 300 g/mol. The van der Waals surface area contributed by atoms with Crippen LogP contribution in [0.4, 0.5) is 10.5 Å². The van der Waals surface area contributed by atoms with Crippen molar-refractivity contribution < 1.29 is 9.90 Å².